The highest BCUT2D eigenvalue weighted by atomic mass is 35.5. The van der Waals surface area contributed by atoms with Crippen molar-refractivity contribution in [3.63, 3.8) is 0 Å². The summed E-state index contributed by atoms with van der Waals surface area (Å²) in [5.41, 5.74) is 0. The van der Waals surface area contributed by atoms with E-state index in [1.165, 1.54) is 24.3 Å². The molecule has 2 rings (SSSR count). The van der Waals surface area contributed by atoms with E-state index in [0.29, 0.717) is 0 Å². The number of hydrogen-bond donors (Lipinski definition) is 0. The molecule has 0 aliphatic heterocycles. The van der Waals surface area contributed by atoms with E-state index in [0.717, 1.165) is 12.3 Å². The predicted octanol–water partition coefficient (Wildman–Crippen LogP) is 4.99. The fourth-order valence-corrected chi connectivity index (χ4v) is 2.74. The molecule has 0 unspecified atom stereocenters. The highest BCUT2D eigenvalue weighted by Gasteiger charge is 2.14. The van der Waals surface area contributed by atoms with Gasteiger partial charge in [-0.05, 0) is 18.2 Å². The van der Waals surface area contributed by atoms with Crippen molar-refractivity contribution in [1.29, 1.82) is 0 Å². The zero-order chi connectivity index (χ0) is 15.8. The van der Waals surface area contributed by atoms with Crippen molar-refractivity contribution in [2.24, 2.45) is 0 Å². The van der Waals surface area contributed by atoms with Gasteiger partial charge < -0.3 is 4.74 Å². The molecule has 0 amide bonds. The topological polar surface area (TPSA) is 63.3 Å². The summed E-state index contributed by atoms with van der Waals surface area (Å²) in [4.78, 5) is 0.0522. The highest BCUT2D eigenvalue weighted by Crippen LogP contribution is 2.40. The van der Waals surface area contributed by atoms with Crippen LogP contribution in [0.3, 0.4) is 0 Å². The molecule has 0 aromatic heterocycles. The van der Waals surface area contributed by atoms with Crippen molar-refractivity contribution in [2.45, 2.75) is 4.90 Å². The van der Waals surface area contributed by atoms with Gasteiger partial charge in [0.25, 0.3) is 0 Å². The number of halogens is 3. The zero-order valence-electron chi connectivity index (χ0n) is 10.6. The minimum absolute atomic E-state index is 0.0522. The van der Waals surface area contributed by atoms with E-state index < -0.39 is 15.6 Å². The Labute approximate surface area is 136 Å². The lowest BCUT2D eigenvalue weighted by molar-refractivity contribution is 0.329. The lowest BCUT2D eigenvalue weighted by Gasteiger charge is -2.10. The number of hydrogen-bond acceptors (Lipinski definition) is 3. The maximum atomic E-state index is 11.7. The second-order valence-corrected chi connectivity index (χ2v) is 7.42. The summed E-state index contributed by atoms with van der Waals surface area (Å²) < 4.78 is 28.2. The van der Waals surface area contributed by atoms with E-state index in [1.54, 1.807) is 0 Å². The molecule has 0 saturated carbocycles. The Hall–Kier alpha value is -1.14. The molecule has 0 heterocycles. The Kier molecular flexibility index (Phi) is 4.58. The smallest absolute Gasteiger partial charge is 0.222 e. The van der Waals surface area contributed by atoms with Crippen LogP contribution >= 0.6 is 34.8 Å². The SMILES string of the molecule is CS(=O)(=O)c1ccc(Oc2cc(Cl)c(Cl)cc2[O])c(Cl)c1. The van der Waals surface area contributed by atoms with Crippen molar-refractivity contribution in [2.75, 3.05) is 6.26 Å². The third kappa shape index (κ3) is 3.74. The molecule has 1 radical (unpaired) electrons. The number of sulfone groups is 1. The van der Waals surface area contributed by atoms with E-state index in [4.69, 9.17) is 39.5 Å². The number of benzene rings is 2. The molecule has 8 heteroatoms. The third-order valence-corrected chi connectivity index (χ3v) is 4.67. The molecule has 0 aliphatic rings. The van der Waals surface area contributed by atoms with Gasteiger partial charge in [0.15, 0.2) is 15.6 Å². The van der Waals surface area contributed by atoms with Crippen molar-refractivity contribution in [3.05, 3.63) is 45.4 Å². The van der Waals surface area contributed by atoms with Crippen LogP contribution in [-0.4, -0.2) is 14.7 Å². The Morgan fingerprint density at radius 1 is 0.905 bits per heavy atom. The number of rotatable bonds is 3. The molecular formula is C13H8Cl3O4S. The van der Waals surface area contributed by atoms with Crippen LogP contribution in [0.25, 0.3) is 0 Å². The normalized spacial score (nSPS) is 11.4. The van der Waals surface area contributed by atoms with E-state index >= 15 is 0 Å². The summed E-state index contributed by atoms with van der Waals surface area (Å²) in [6.07, 6.45) is 1.06. The lowest BCUT2D eigenvalue weighted by atomic mass is 10.3. The Balaban J connectivity index is 2.39. The van der Waals surface area contributed by atoms with Gasteiger partial charge >= 0.3 is 0 Å². The van der Waals surface area contributed by atoms with Crippen molar-refractivity contribution < 1.29 is 18.3 Å². The standard InChI is InChI=1S/C13H8Cl3O4S/c1-21(18,19)7-2-3-12(10(16)4-7)20-13-6-9(15)8(14)5-11(13)17/h2-6H,1H3. The predicted molar refractivity (Wildman–Crippen MR) is 81.2 cm³/mol. The van der Waals surface area contributed by atoms with Crippen molar-refractivity contribution in [3.8, 4) is 17.2 Å². The van der Waals surface area contributed by atoms with Crippen LogP contribution in [0.4, 0.5) is 0 Å². The van der Waals surface area contributed by atoms with E-state index in [1.807, 2.05) is 0 Å². The number of ether oxygens (including phenoxy) is 1. The molecule has 4 nitrogen and oxygen atoms in total. The molecule has 2 aromatic carbocycles. The molecule has 0 atom stereocenters. The van der Waals surface area contributed by atoms with Crippen LogP contribution < -0.4 is 4.74 Å². The van der Waals surface area contributed by atoms with E-state index in [-0.39, 0.29) is 31.5 Å². The maximum absolute atomic E-state index is 11.7. The van der Waals surface area contributed by atoms with E-state index in [9.17, 15) is 13.5 Å². The molecule has 0 bridgehead atoms. The van der Waals surface area contributed by atoms with Gasteiger partial charge in [0, 0.05) is 18.4 Å². The average molecular weight is 367 g/mol. The van der Waals surface area contributed by atoms with Crippen LogP contribution in [0.2, 0.25) is 15.1 Å². The Morgan fingerprint density at radius 2 is 1.52 bits per heavy atom. The minimum Gasteiger partial charge on any atom is -0.452 e. The van der Waals surface area contributed by atoms with Crippen LogP contribution in [-0.2, 0) is 14.9 Å². The van der Waals surface area contributed by atoms with Gasteiger partial charge in [-0.3, -0.25) is 5.11 Å². The van der Waals surface area contributed by atoms with Crippen LogP contribution in [0.5, 0.6) is 17.2 Å². The van der Waals surface area contributed by atoms with Gasteiger partial charge in [0.2, 0.25) is 5.75 Å². The quantitative estimate of drug-likeness (QED) is 0.769. The molecule has 0 spiro atoms. The van der Waals surface area contributed by atoms with Crippen LogP contribution in [0, 0.1) is 0 Å². The first-order chi connectivity index (χ1) is 9.68. The summed E-state index contributed by atoms with van der Waals surface area (Å²) in [7, 11) is -3.38. The average Bonchev–Trinajstić information content (AvgIpc) is 2.36. The zero-order valence-corrected chi connectivity index (χ0v) is 13.6. The lowest BCUT2D eigenvalue weighted by Crippen LogP contribution is -1.97. The summed E-state index contributed by atoms with van der Waals surface area (Å²) in [6.45, 7) is 0. The fourth-order valence-electron chi connectivity index (χ4n) is 1.50. The van der Waals surface area contributed by atoms with Gasteiger partial charge in [0.05, 0.1) is 20.0 Å². The fraction of sp³-hybridized carbons (Fsp3) is 0.0769. The second-order valence-electron chi connectivity index (χ2n) is 4.18. The first-order valence-corrected chi connectivity index (χ1v) is 8.54. The first kappa shape index (κ1) is 16.2. The van der Waals surface area contributed by atoms with Gasteiger partial charge in [-0.2, -0.15) is 0 Å². The first-order valence-electron chi connectivity index (χ1n) is 5.52. The summed E-state index contributed by atoms with van der Waals surface area (Å²) in [5.74, 6) is -0.384. The summed E-state index contributed by atoms with van der Waals surface area (Å²) >= 11 is 17.5. The van der Waals surface area contributed by atoms with Crippen molar-refractivity contribution in [1.82, 2.24) is 0 Å². The molecule has 0 fully saturated rings. The molecule has 0 saturated heterocycles. The highest BCUT2D eigenvalue weighted by molar-refractivity contribution is 7.90. The molecule has 2 aromatic rings. The molecule has 0 aliphatic carbocycles. The second kappa shape index (κ2) is 5.93. The summed E-state index contributed by atoms with van der Waals surface area (Å²) in [5, 5.41) is 12.1. The van der Waals surface area contributed by atoms with Crippen LogP contribution in [0.15, 0.2) is 35.2 Å². The van der Waals surface area contributed by atoms with Crippen LogP contribution in [0.1, 0.15) is 0 Å². The summed E-state index contributed by atoms with van der Waals surface area (Å²) in [6, 6.07) is 6.33. The van der Waals surface area contributed by atoms with E-state index in [2.05, 4.69) is 0 Å². The molecule has 111 valence electrons. The minimum atomic E-state index is -3.38. The monoisotopic (exact) mass is 365 g/mol. The van der Waals surface area contributed by atoms with Gasteiger partial charge in [0.1, 0.15) is 5.75 Å². The Morgan fingerprint density at radius 3 is 2.10 bits per heavy atom. The largest absolute Gasteiger partial charge is 0.452 e. The van der Waals surface area contributed by atoms with Gasteiger partial charge in [-0.25, -0.2) is 8.42 Å². The van der Waals surface area contributed by atoms with Crippen molar-refractivity contribution >= 4 is 44.6 Å². The third-order valence-electron chi connectivity index (χ3n) is 2.54. The molecule has 0 N–H and O–H groups in total. The maximum Gasteiger partial charge on any atom is 0.222 e. The molecular weight excluding hydrogens is 359 g/mol. The molecule has 21 heavy (non-hydrogen) atoms. The van der Waals surface area contributed by atoms with Gasteiger partial charge in [-0.1, -0.05) is 34.8 Å². The Bertz CT molecular complexity index is 803. The van der Waals surface area contributed by atoms with Gasteiger partial charge in [-0.15, -0.1) is 0 Å².